The average molecular weight is 246 g/mol. The first-order valence-electron chi connectivity index (χ1n) is 7.39. The second kappa shape index (κ2) is 6.89. The van der Waals surface area contributed by atoms with Crippen LogP contribution in [-0.2, 0) is 0 Å². The summed E-state index contributed by atoms with van der Waals surface area (Å²) < 4.78 is 0. The lowest BCUT2D eigenvalue weighted by atomic mass is 9.70. The second-order valence-electron chi connectivity index (χ2n) is 5.68. The van der Waals surface area contributed by atoms with E-state index in [1.54, 1.807) is 0 Å². The lowest BCUT2D eigenvalue weighted by molar-refractivity contribution is 0.223. The molecule has 2 rings (SSSR count). The lowest BCUT2D eigenvalue weighted by Crippen LogP contribution is -2.30. The van der Waals surface area contributed by atoms with E-state index < -0.39 is 0 Å². The summed E-state index contributed by atoms with van der Waals surface area (Å²) in [5.74, 6) is 2.41. The molecular formula is C16H26N2. The molecule has 0 aromatic carbocycles. The summed E-state index contributed by atoms with van der Waals surface area (Å²) >= 11 is 0. The summed E-state index contributed by atoms with van der Waals surface area (Å²) in [5, 5.41) is 3.36. The molecule has 1 aromatic rings. The molecule has 1 aliphatic carbocycles. The lowest BCUT2D eigenvalue weighted by Gasteiger charge is -2.36. The summed E-state index contributed by atoms with van der Waals surface area (Å²) in [5.41, 5.74) is 1.44. The van der Waals surface area contributed by atoms with Crippen LogP contribution in [0.5, 0.6) is 0 Å². The highest BCUT2D eigenvalue weighted by Crippen LogP contribution is 2.41. The van der Waals surface area contributed by atoms with Gasteiger partial charge in [-0.2, -0.15) is 0 Å². The van der Waals surface area contributed by atoms with Crippen molar-refractivity contribution in [1.82, 2.24) is 10.3 Å². The van der Waals surface area contributed by atoms with Gasteiger partial charge >= 0.3 is 0 Å². The smallest absolute Gasteiger partial charge is 0.0302 e. The maximum absolute atomic E-state index is 4.31. The third kappa shape index (κ3) is 3.32. The summed E-state index contributed by atoms with van der Waals surface area (Å²) in [6, 6.07) is 4.34. The van der Waals surface area contributed by atoms with Crippen LogP contribution >= 0.6 is 0 Å². The van der Waals surface area contributed by atoms with Gasteiger partial charge in [-0.15, -0.1) is 0 Å². The van der Waals surface area contributed by atoms with E-state index in [4.69, 9.17) is 0 Å². The van der Waals surface area contributed by atoms with E-state index >= 15 is 0 Å². The quantitative estimate of drug-likeness (QED) is 0.858. The molecule has 0 aliphatic heterocycles. The minimum absolute atomic E-state index is 0.705. The normalized spacial score (nSPS) is 28.2. The zero-order valence-corrected chi connectivity index (χ0v) is 11.7. The fourth-order valence-electron chi connectivity index (χ4n) is 3.50. The molecule has 0 amide bonds. The van der Waals surface area contributed by atoms with Crippen LogP contribution in [0.25, 0.3) is 0 Å². The van der Waals surface area contributed by atoms with Crippen molar-refractivity contribution in [2.45, 2.75) is 44.9 Å². The third-order valence-electron chi connectivity index (χ3n) is 4.38. The van der Waals surface area contributed by atoms with E-state index in [2.05, 4.69) is 42.6 Å². The molecule has 18 heavy (non-hydrogen) atoms. The van der Waals surface area contributed by atoms with Crippen LogP contribution in [0.15, 0.2) is 24.5 Å². The van der Waals surface area contributed by atoms with Crippen molar-refractivity contribution in [1.29, 1.82) is 0 Å². The van der Waals surface area contributed by atoms with Gasteiger partial charge in [0.15, 0.2) is 0 Å². The molecule has 3 unspecified atom stereocenters. The fraction of sp³-hybridized carbons (Fsp3) is 0.688. The molecule has 2 nitrogen and oxygen atoms in total. The van der Waals surface area contributed by atoms with Gasteiger partial charge in [0.1, 0.15) is 0 Å². The maximum atomic E-state index is 4.31. The minimum atomic E-state index is 0.705. The number of nitrogens with zero attached hydrogens (tertiary/aromatic N) is 1. The van der Waals surface area contributed by atoms with Gasteiger partial charge in [-0.1, -0.05) is 32.3 Å². The molecule has 3 atom stereocenters. The van der Waals surface area contributed by atoms with Gasteiger partial charge in [0, 0.05) is 12.4 Å². The summed E-state index contributed by atoms with van der Waals surface area (Å²) in [6.45, 7) is 3.44. The van der Waals surface area contributed by atoms with Crippen molar-refractivity contribution >= 4 is 0 Å². The standard InChI is InChI=1S/C16H26N2/c1-3-5-13-7-8-15(11-17-2)16(10-13)14-6-4-9-18-12-14/h4,6,9,12-13,15-17H,3,5,7-8,10-11H2,1-2H3. The molecule has 1 aliphatic rings. The first kappa shape index (κ1) is 13.5. The van der Waals surface area contributed by atoms with E-state index in [1.165, 1.54) is 37.7 Å². The molecule has 1 saturated carbocycles. The molecule has 2 heteroatoms. The molecule has 1 aromatic heterocycles. The SMILES string of the molecule is CCCC1CCC(CNC)C(c2cccnc2)C1. The number of pyridine rings is 1. The number of hydrogen-bond donors (Lipinski definition) is 1. The maximum Gasteiger partial charge on any atom is 0.0302 e. The van der Waals surface area contributed by atoms with Gasteiger partial charge in [0.05, 0.1) is 0 Å². The predicted molar refractivity (Wildman–Crippen MR) is 76.6 cm³/mol. The van der Waals surface area contributed by atoms with Crippen molar-refractivity contribution in [2.24, 2.45) is 11.8 Å². The molecule has 1 heterocycles. The zero-order valence-electron chi connectivity index (χ0n) is 11.7. The second-order valence-corrected chi connectivity index (χ2v) is 5.68. The highest BCUT2D eigenvalue weighted by atomic mass is 14.8. The molecule has 0 bridgehead atoms. The molecule has 1 N–H and O–H groups in total. The van der Waals surface area contributed by atoms with Gasteiger partial charge in [-0.3, -0.25) is 4.98 Å². The van der Waals surface area contributed by atoms with E-state index in [-0.39, 0.29) is 0 Å². The van der Waals surface area contributed by atoms with Crippen LogP contribution in [0, 0.1) is 11.8 Å². The van der Waals surface area contributed by atoms with E-state index in [1.807, 2.05) is 6.20 Å². The molecule has 0 saturated heterocycles. The van der Waals surface area contributed by atoms with Crippen molar-refractivity contribution in [3.8, 4) is 0 Å². The Kier molecular flexibility index (Phi) is 5.18. The molecular weight excluding hydrogens is 220 g/mol. The van der Waals surface area contributed by atoms with Crippen molar-refractivity contribution < 1.29 is 0 Å². The Balaban J connectivity index is 2.09. The Bertz CT molecular complexity index is 336. The van der Waals surface area contributed by atoms with E-state index in [9.17, 15) is 0 Å². The Morgan fingerprint density at radius 1 is 1.39 bits per heavy atom. The Morgan fingerprint density at radius 2 is 2.28 bits per heavy atom. The topological polar surface area (TPSA) is 24.9 Å². The van der Waals surface area contributed by atoms with Gasteiger partial charge in [0.2, 0.25) is 0 Å². The van der Waals surface area contributed by atoms with Gasteiger partial charge in [0.25, 0.3) is 0 Å². The molecule has 0 radical (unpaired) electrons. The van der Waals surface area contributed by atoms with Crippen LogP contribution < -0.4 is 5.32 Å². The summed E-state index contributed by atoms with van der Waals surface area (Å²) in [7, 11) is 2.07. The number of rotatable bonds is 5. The van der Waals surface area contributed by atoms with Crippen molar-refractivity contribution in [3.05, 3.63) is 30.1 Å². The Labute approximate surface area is 111 Å². The highest BCUT2D eigenvalue weighted by Gasteiger charge is 2.30. The minimum Gasteiger partial charge on any atom is -0.319 e. The Morgan fingerprint density at radius 3 is 2.94 bits per heavy atom. The zero-order chi connectivity index (χ0) is 12.8. The first-order valence-corrected chi connectivity index (χ1v) is 7.39. The molecule has 100 valence electrons. The van der Waals surface area contributed by atoms with Crippen LogP contribution in [0.1, 0.15) is 50.5 Å². The van der Waals surface area contributed by atoms with E-state index in [0.717, 1.165) is 18.4 Å². The van der Waals surface area contributed by atoms with Crippen LogP contribution in [0.4, 0.5) is 0 Å². The molecule has 0 spiro atoms. The number of hydrogen-bond acceptors (Lipinski definition) is 2. The highest BCUT2D eigenvalue weighted by molar-refractivity contribution is 5.17. The van der Waals surface area contributed by atoms with Gasteiger partial charge in [-0.05, 0) is 55.8 Å². The van der Waals surface area contributed by atoms with Crippen molar-refractivity contribution in [3.63, 3.8) is 0 Å². The van der Waals surface area contributed by atoms with Crippen LogP contribution in [0.3, 0.4) is 0 Å². The fourth-order valence-corrected chi connectivity index (χ4v) is 3.50. The van der Waals surface area contributed by atoms with E-state index in [0.29, 0.717) is 5.92 Å². The Hall–Kier alpha value is -0.890. The first-order chi connectivity index (χ1) is 8.85. The van der Waals surface area contributed by atoms with Gasteiger partial charge < -0.3 is 5.32 Å². The average Bonchev–Trinajstić information content (AvgIpc) is 2.42. The van der Waals surface area contributed by atoms with Crippen LogP contribution in [-0.4, -0.2) is 18.6 Å². The monoisotopic (exact) mass is 246 g/mol. The molecule has 1 fully saturated rings. The summed E-state index contributed by atoms with van der Waals surface area (Å²) in [6.07, 6.45) is 10.8. The number of nitrogens with one attached hydrogen (secondary N) is 1. The van der Waals surface area contributed by atoms with Crippen molar-refractivity contribution in [2.75, 3.05) is 13.6 Å². The third-order valence-corrected chi connectivity index (χ3v) is 4.38. The number of aromatic nitrogens is 1. The van der Waals surface area contributed by atoms with Gasteiger partial charge in [-0.25, -0.2) is 0 Å². The summed E-state index contributed by atoms with van der Waals surface area (Å²) in [4.78, 5) is 4.31. The largest absolute Gasteiger partial charge is 0.319 e. The predicted octanol–water partition coefficient (Wildman–Crippen LogP) is 3.60. The van der Waals surface area contributed by atoms with Crippen LogP contribution in [0.2, 0.25) is 0 Å².